The van der Waals surface area contributed by atoms with Crippen LogP contribution < -0.4 is 27.6 Å². The first-order chi connectivity index (χ1) is 24.2. The van der Waals surface area contributed by atoms with Gasteiger partial charge in [0.2, 0.25) is 11.8 Å². The summed E-state index contributed by atoms with van der Waals surface area (Å²) in [5, 5.41) is 4.70. The topological polar surface area (TPSA) is 158 Å². The third kappa shape index (κ3) is 9.26. The van der Waals surface area contributed by atoms with Crippen molar-refractivity contribution in [2.75, 3.05) is 25.6 Å². The molecule has 3 aromatic carbocycles. The van der Waals surface area contributed by atoms with E-state index in [4.69, 9.17) is 23.1 Å². The van der Waals surface area contributed by atoms with Crippen LogP contribution in [0.3, 0.4) is 0 Å². The summed E-state index contributed by atoms with van der Waals surface area (Å²) in [5.41, 5.74) is 22.8. The number of H-pyrrole nitrogens is 1. The molecule has 0 saturated carbocycles. The number of rotatable bonds is 9. The number of hydrogen-bond acceptors (Lipinski definition) is 8. The molecule has 0 fully saturated rings. The second-order valence-corrected chi connectivity index (χ2v) is 14.4. The molecule has 0 aliphatic carbocycles. The van der Waals surface area contributed by atoms with Crippen LogP contribution in [0.4, 0.5) is 5.69 Å². The summed E-state index contributed by atoms with van der Waals surface area (Å²) in [6.07, 6.45) is 5.25. The predicted molar refractivity (Wildman–Crippen MR) is 202 cm³/mol. The summed E-state index contributed by atoms with van der Waals surface area (Å²) < 4.78 is 0. The van der Waals surface area contributed by atoms with Crippen molar-refractivity contribution in [3.05, 3.63) is 88.6 Å². The number of likely N-dealkylation sites (N-methyl/N-ethyl adjacent to an activating group) is 1. The van der Waals surface area contributed by atoms with Gasteiger partial charge in [0, 0.05) is 64.3 Å². The molecule has 5 rings (SSSR count). The second-order valence-electron chi connectivity index (χ2n) is 13.0. The molecule has 2 heterocycles. The molecule has 3 atom stereocenters. The lowest BCUT2D eigenvalue weighted by Gasteiger charge is -2.31. The molecule has 0 saturated heterocycles. The summed E-state index contributed by atoms with van der Waals surface area (Å²) >= 11 is 8.12. The number of amides is 2. The van der Waals surface area contributed by atoms with Gasteiger partial charge in [-0.25, -0.2) is 5.43 Å². The number of nitrogens with zero attached hydrogens (tertiary/aromatic N) is 1. The molecule has 4 aromatic rings. The number of unbranched alkanes of at least 4 members (excludes halogenated alkanes) is 1. The van der Waals surface area contributed by atoms with E-state index in [2.05, 4.69) is 21.2 Å². The third-order valence-corrected chi connectivity index (χ3v) is 10.9. The van der Waals surface area contributed by atoms with Crippen LogP contribution in [0.1, 0.15) is 55.2 Å². The van der Waals surface area contributed by atoms with Crippen molar-refractivity contribution in [3.8, 4) is 0 Å². The van der Waals surface area contributed by atoms with E-state index in [1.807, 2.05) is 73.8 Å². The number of carbonyl (C=O) groups excluding carboxylic acids is 3. The van der Waals surface area contributed by atoms with Gasteiger partial charge in [-0.05, 0) is 92.7 Å². The quantitative estimate of drug-likeness (QED) is 0.120. The molecular formula is C38H48ClN7O3S. The minimum absolute atomic E-state index is 0.0264. The Morgan fingerprint density at radius 3 is 2.52 bits per heavy atom. The highest BCUT2D eigenvalue weighted by Gasteiger charge is 2.34. The highest BCUT2D eigenvalue weighted by Crippen LogP contribution is 2.38. The van der Waals surface area contributed by atoms with Gasteiger partial charge in [-0.2, -0.15) is 0 Å². The standard InChI is InChI=1S/C38H48ClN7O3S/c1-24-18-28(39)19-27-23-43-37(48)33(20-26-22-42-30-12-4-3-11-29(26)30)46(2)38(49)25(10-7-8-16-40)21-34(47)31(14-9-17-41)44-45-32-13-5-6-15-35(32)50-36(24)27/h3-6,11-13,15,18-19,22,25,31,33,42,44-45H,7-10,14,16-17,20-21,23,40-41H2,1-2H3,(H,43,48)/t25-,31+,33+/m1/s1. The van der Waals surface area contributed by atoms with Crippen LogP contribution in [0.15, 0.2) is 76.7 Å². The van der Waals surface area contributed by atoms with Gasteiger partial charge in [-0.3, -0.25) is 14.4 Å². The Kier molecular flexibility index (Phi) is 13.4. The van der Waals surface area contributed by atoms with E-state index in [0.29, 0.717) is 43.8 Å². The number of aromatic nitrogens is 1. The number of carbonyl (C=O) groups is 3. The van der Waals surface area contributed by atoms with Crippen LogP contribution in [-0.2, 0) is 27.3 Å². The number of Topliss-reactive ketones (excluding diaryl/α,β-unsaturated/α-hetero) is 1. The highest BCUT2D eigenvalue weighted by molar-refractivity contribution is 7.99. The van der Waals surface area contributed by atoms with Crippen molar-refractivity contribution in [2.24, 2.45) is 17.4 Å². The van der Waals surface area contributed by atoms with Crippen molar-refractivity contribution in [3.63, 3.8) is 0 Å². The van der Waals surface area contributed by atoms with Crippen molar-refractivity contribution in [1.82, 2.24) is 20.6 Å². The number of hydrazine groups is 1. The molecule has 12 heteroatoms. The number of aryl methyl sites for hydroxylation is 1. The molecule has 0 bridgehead atoms. The molecule has 1 aromatic heterocycles. The van der Waals surface area contributed by atoms with Crippen LogP contribution >= 0.6 is 23.4 Å². The lowest BCUT2D eigenvalue weighted by Crippen LogP contribution is -2.51. The zero-order chi connectivity index (χ0) is 35.6. The number of halogens is 1. The number of hydrogen-bond donors (Lipinski definition) is 6. The van der Waals surface area contributed by atoms with Gasteiger partial charge in [0.25, 0.3) is 0 Å². The van der Waals surface area contributed by atoms with Gasteiger partial charge in [-0.1, -0.05) is 60.1 Å². The van der Waals surface area contributed by atoms with Crippen molar-refractivity contribution in [1.29, 1.82) is 0 Å². The molecule has 1 aliphatic heterocycles. The lowest BCUT2D eigenvalue weighted by atomic mass is 9.90. The summed E-state index contributed by atoms with van der Waals surface area (Å²) in [5.74, 6) is -1.25. The van der Waals surface area contributed by atoms with E-state index < -0.39 is 18.0 Å². The SMILES string of the molecule is Cc1cc(Cl)cc2c1Sc1ccccc1NN[C@@H](CCCN)C(=O)C[C@@H](CCCCN)C(=O)N(C)[C@@H](Cc1c[nH]c3ccccc13)C(=O)NC2. The molecule has 0 radical (unpaired) electrons. The Bertz CT molecular complexity index is 1800. The number of ketones is 1. The zero-order valence-electron chi connectivity index (χ0n) is 28.8. The summed E-state index contributed by atoms with van der Waals surface area (Å²) in [7, 11) is 1.67. The van der Waals surface area contributed by atoms with Crippen molar-refractivity contribution < 1.29 is 14.4 Å². The molecule has 0 unspecified atom stereocenters. The first kappa shape index (κ1) is 37.4. The molecular weight excluding hydrogens is 670 g/mol. The number of para-hydroxylation sites is 2. The van der Waals surface area contributed by atoms with E-state index in [-0.39, 0.29) is 37.0 Å². The molecule has 10 nitrogen and oxygen atoms in total. The number of anilines is 1. The van der Waals surface area contributed by atoms with Crippen LogP contribution in [0, 0.1) is 12.8 Å². The average Bonchev–Trinajstić information content (AvgIpc) is 3.52. The second kappa shape index (κ2) is 17.9. The van der Waals surface area contributed by atoms with Crippen LogP contribution in [-0.4, -0.2) is 59.7 Å². The average molecular weight is 718 g/mol. The van der Waals surface area contributed by atoms with Crippen LogP contribution in [0.2, 0.25) is 5.02 Å². The minimum Gasteiger partial charge on any atom is -0.361 e. The number of benzene rings is 3. The van der Waals surface area contributed by atoms with Gasteiger partial charge in [0.15, 0.2) is 5.78 Å². The Morgan fingerprint density at radius 1 is 0.960 bits per heavy atom. The smallest absolute Gasteiger partial charge is 0.243 e. The molecule has 266 valence electrons. The van der Waals surface area contributed by atoms with E-state index in [1.54, 1.807) is 18.8 Å². The van der Waals surface area contributed by atoms with Gasteiger partial charge >= 0.3 is 0 Å². The number of aromatic amines is 1. The maximum absolute atomic E-state index is 14.4. The van der Waals surface area contributed by atoms with E-state index in [0.717, 1.165) is 49.5 Å². The number of fused-ring (bicyclic) bond motifs is 3. The maximum Gasteiger partial charge on any atom is 0.243 e. The molecule has 0 spiro atoms. The summed E-state index contributed by atoms with van der Waals surface area (Å²) in [6.45, 7) is 3.13. The maximum atomic E-state index is 14.4. The van der Waals surface area contributed by atoms with Crippen molar-refractivity contribution >= 4 is 57.6 Å². The van der Waals surface area contributed by atoms with E-state index in [1.165, 1.54) is 4.90 Å². The number of nitrogens with one attached hydrogen (secondary N) is 4. The number of nitrogens with two attached hydrogens (primary N) is 2. The molecule has 2 amide bonds. The van der Waals surface area contributed by atoms with Gasteiger partial charge in [0.1, 0.15) is 6.04 Å². The Labute approximate surface area is 303 Å². The van der Waals surface area contributed by atoms with Gasteiger partial charge in [0.05, 0.1) is 11.7 Å². The Hall–Kier alpha value is -3.87. The molecule has 8 N–H and O–H groups in total. The molecule has 50 heavy (non-hydrogen) atoms. The van der Waals surface area contributed by atoms with Gasteiger partial charge in [-0.15, -0.1) is 0 Å². The lowest BCUT2D eigenvalue weighted by molar-refractivity contribution is -0.143. The summed E-state index contributed by atoms with van der Waals surface area (Å²) in [4.78, 5) is 49.5. The fourth-order valence-electron chi connectivity index (χ4n) is 6.54. The van der Waals surface area contributed by atoms with E-state index >= 15 is 0 Å². The highest BCUT2D eigenvalue weighted by atomic mass is 35.5. The van der Waals surface area contributed by atoms with Gasteiger partial charge < -0.3 is 32.1 Å². The largest absolute Gasteiger partial charge is 0.361 e. The van der Waals surface area contributed by atoms with Crippen LogP contribution in [0.25, 0.3) is 10.9 Å². The summed E-state index contributed by atoms with van der Waals surface area (Å²) in [6, 6.07) is 18.1. The fraction of sp³-hybridized carbons (Fsp3) is 0.395. The third-order valence-electron chi connectivity index (χ3n) is 9.34. The Balaban J connectivity index is 1.57. The monoisotopic (exact) mass is 717 g/mol. The molecule has 1 aliphatic rings. The first-order valence-electron chi connectivity index (χ1n) is 17.3. The fourth-order valence-corrected chi connectivity index (χ4v) is 7.91. The zero-order valence-corrected chi connectivity index (χ0v) is 30.3. The van der Waals surface area contributed by atoms with Crippen LogP contribution in [0.5, 0.6) is 0 Å². The first-order valence-corrected chi connectivity index (χ1v) is 18.5. The normalized spacial score (nSPS) is 19.4. The van der Waals surface area contributed by atoms with E-state index in [9.17, 15) is 14.4 Å². The van der Waals surface area contributed by atoms with Crippen molar-refractivity contribution in [2.45, 2.75) is 80.3 Å². The minimum atomic E-state index is -0.838. The predicted octanol–water partition coefficient (Wildman–Crippen LogP) is 5.71. The Morgan fingerprint density at radius 2 is 1.72 bits per heavy atom.